The molecule has 1 aromatic heterocycles. The zero-order valence-corrected chi connectivity index (χ0v) is 11.1. The summed E-state index contributed by atoms with van der Waals surface area (Å²) in [7, 11) is 0. The Morgan fingerprint density at radius 3 is 2.50 bits per heavy atom. The quantitative estimate of drug-likeness (QED) is 0.694. The van der Waals surface area contributed by atoms with Gasteiger partial charge in [-0.3, -0.25) is 9.36 Å². The van der Waals surface area contributed by atoms with Crippen LogP contribution in [0.1, 0.15) is 12.6 Å². The van der Waals surface area contributed by atoms with E-state index in [1.807, 2.05) is 43.3 Å². The molecule has 2 aromatic carbocycles. The monoisotopic (exact) mass is 267 g/mol. The lowest BCUT2D eigenvalue weighted by atomic mass is 10.1. The molecule has 3 rings (SSSR count). The van der Waals surface area contributed by atoms with Crippen molar-refractivity contribution in [3.05, 3.63) is 76.5 Å². The number of halogens is 1. The standard InChI is InChI=1S/C17H14FNO/c1-2-14-11-12-10-13(18)8-9-16(12)17(20)19(14)15-6-4-3-5-7-15/h3-11H,2H2,1H3. The van der Waals surface area contributed by atoms with Crippen molar-refractivity contribution in [2.45, 2.75) is 13.3 Å². The molecule has 0 saturated carbocycles. The molecule has 0 fully saturated rings. The Kier molecular flexibility index (Phi) is 3.11. The van der Waals surface area contributed by atoms with Crippen molar-refractivity contribution in [1.82, 2.24) is 4.57 Å². The third-order valence-corrected chi connectivity index (χ3v) is 3.43. The molecular formula is C17H14FNO. The predicted octanol–water partition coefficient (Wildman–Crippen LogP) is 3.69. The van der Waals surface area contributed by atoms with Crippen LogP contribution in [0.5, 0.6) is 0 Å². The summed E-state index contributed by atoms with van der Waals surface area (Å²) in [4.78, 5) is 12.7. The highest BCUT2D eigenvalue weighted by Gasteiger charge is 2.10. The van der Waals surface area contributed by atoms with Crippen molar-refractivity contribution in [1.29, 1.82) is 0 Å². The van der Waals surface area contributed by atoms with Gasteiger partial charge in [-0.15, -0.1) is 0 Å². The zero-order chi connectivity index (χ0) is 14.1. The van der Waals surface area contributed by atoms with Gasteiger partial charge in [0.1, 0.15) is 5.82 Å². The van der Waals surface area contributed by atoms with Crippen LogP contribution in [0.4, 0.5) is 4.39 Å². The van der Waals surface area contributed by atoms with Crippen LogP contribution in [0, 0.1) is 5.82 Å². The minimum absolute atomic E-state index is 0.106. The van der Waals surface area contributed by atoms with E-state index in [9.17, 15) is 9.18 Å². The van der Waals surface area contributed by atoms with Crippen LogP contribution in [0.3, 0.4) is 0 Å². The normalized spacial score (nSPS) is 10.9. The number of aryl methyl sites for hydroxylation is 1. The van der Waals surface area contributed by atoms with Crippen molar-refractivity contribution >= 4 is 10.8 Å². The van der Waals surface area contributed by atoms with Gasteiger partial charge in [-0.1, -0.05) is 25.1 Å². The number of nitrogens with zero attached hydrogens (tertiary/aromatic N) is 1. The summed E-state index contributed by atoms with van der Waals surface area (Å²) in [6.07, 6.45) is 0.705. The van der Waals surface area contributed by atoms with Gasteiger partial charge in [0.25, 0.3) is 5.56 Å². The second-order valence-electron chi connectivity index (χ2n) is 4.70. The summed E-state index contributed by atoms with van der Waals surface area (Å²) in [5.74, 6) is -0.323. The maximum absolute atomic E-state index is 13.3. The number of hydrogen-bond acceptors (Lipinski definition) is 1. The Morgan fingerprint density at radius 1 is 1.05 bits per heavy atom. The average Bonchev–Trinajstić information content (AvgIpc) is 2.47. The lowest BCUT2D eigenvalue weighted by molar-refractivity contribution is 0.629. The van der Waals surface area contributed by atoms with Gasteiger partial charge in [0.15, 0.2) is 0 Å². The Bertz CT molecular complexity index is 822. The van der Waals surface area contributed by atoms with Crippen LogP contribution in [0.15, 0.2) is 59.4 Å². The molecule has 20 heavy (non-hydrogen) atoms. The summed E-state index contributed by atoms with van der Waals surface area (Å²) < 4.78 is 15.0. The molecular weight excluding hydrogens is 253 g/mol. The second-order valence-corrected chi connectivity index (χ2v) is 4.70. The first-order chi connectivity index (χ1) is 9.70. The maximum Gasteiger partial charge on any atom is 0.263 e. The SMILES string of the molecule is CCc1cc2cc(F)ccc2c(=O)n1-c1ccccc1. The maximum atomic E-state index is 13.3. The summed E-state index contributed by atoms with van der Waals surface area (Å²) in [6, 6.07) is 15.7. The van der Waals surface area contributed by atoms with Crippen LogP contribution < -0.4 is 5.56 Å². The Balaban J connectivity index is 2.40. The summed E-state index contributed by atoms with van der Waals surface area (Å²) in [5.41, 5.74) is 1.60. The fraction of sp³-hybridized carbons (Fsp3) is 0.118. The number of aromatic nitrogens is 1. The van der Waals surface area contributed by atoms with Crippen molar-refractivity contribution in [3.63, 3.8) is 0 Å². The molecule has 2 nitrogen and oxygen atoms in total. The molecule has 0 aliphatic rings. The van der Waals surface area contributed by atoms with Crippen LogP contribution in [0.25, 0.3) is 16.5 Å². The molecule has 0 radical (unpaired) electrons. The van der Waals surface area contributed by atoms with Gasteiger partial charge in [0.2, 0.25) is 0 Å². The van der Waals surface area contributed by atoms with Gasteiger partial charge in [-0.2, -0.15) is 0 Å². The fourth-order valence-corrected chi connectivity index (χ4v) is 2.46. The third kappa shape index (κ3) is 2.01. The number of benzene rings is 2. The van der Waals surface area contributed by atoms with Gasteiger partial charge in [0, 0.05) is 16.8 Å². The first kappa shape index (κ1) is 12.6. The van der Waals surface area contributed by atoms with E-state index in [-0.39, 0.29) is 11.4 Å². The molecule has 100 valence electrons. The van der Waals surface area contributed by atoms with E-state index in [4.69, 9.17) is 0 Å². The van der Waals surface area contributed by atoms with Gasteiger partial charge in [0.05, 0.1) is 0 Å². The lowest BCUT2D eigenvalue weighted by Gasteiger charge is -2.13. The number of hydrogen-bond donors (Lipinski definition) is 0. The number of pyridine rings is 1. The summed E-state index contributed by atoms with van der Waals surface area (Å²) >= 11 is 0. The van der Waals surface area contributed by atoms with Crippen LogP contribution in [0.2, 0.25) is 0 Å². The highest BCUT2D eigenvalue weighted by molar-refractivity contribution is 5.82. The minimum atomic E-state index is -0.323. The van der Waals surface area contributed by atoms with Crippen LogP contribution >= 0.6 is 0 Å². The number of para-hydroxylation sites is 1. The molecule has 3 heteroatoms. The lowest BCUT2D eigenvalue weighted by Crippen LogP contribution is -2.21. The van der Waals surface area contributed by atoms with E-state index >= 15 is 0 Å². The summed E-state index contributed by atoms with van der Waals surface area (Å²) in [6.45, 7) is 1.99. The second kappa shape index (κ2) is 4.93. The van der Waals surface area contributed by atoms with Crippen molar-refractivity contribution in [2.24, 2.45) is 0 Å². The first-order valence-electron chi connectivity index (χ1n) is 6.60. The van der Waals surface area contributed by atoms with Gasteiger partial charge in [-0.05, 0) is 48.2 Å². The summed E-state index contributed by atoms with van der Waals surface area (Å²) in [5, 5.41) is 1.19. The molecule has 0 amide bonds. The zero-order valence-electron chi connectivity index (χ0n) is 11.1. The first-order valence-corrected chi connectivity index (χ1v) is 6.60. The van der Waals surface area contributed by atoms with E-state index in [1.165, 1.54) is 12.1 Å². The minimum Gasteiger partial charge on any atom is -0.281 e. The van der Waals surface area contributed by atoms with Crippen LogP contribution in [-0.4, -0.2) is 4.57 Å². The fourth-order valence-electron chi connectivity index (χ4n) is 2.46. The van der Waals surface area contributed by atoms with Gasteiger partial charge in [-0.25, -0.2) is 4.39 Å². The van der Waals surface area contributed by atoms with E-state index < -0.39 is 0 Å². The van der Waals surface area contributed by atoms with Crippen LogP contribution in [-0.2, 0) is 6.42 Å². The number of rotatable bonds is 2. The Labute approximate surface area is 116 Å². The van der Waals surface area contributed by atoms with E-state index in [1.54, 1.807) is 10.6 Å². The third-order valence-electron chi connectivity index (χ3n) is 3.43. The molecule has 0 N–H and O–H groups in total. The van der Waals surface area contributed by atoms with Crippen molar-refractivity contribution in [3.8, 4) is 5.69 Å². The highest BCUT2D eigenvalue weighted by atomic mass is 19.1. The molecule has 0 atom stereocenters. The Hall–Kier alpha value is -2.42. The molecule has 0 spiro atoms. The molecule has 3 aromatic rings. The molecule has 0 aliphatic heterocycles. The van der Waals surface area contributed by atoms with Gasteiger partial charge < -0.3 is 0 Å². The smallest absolute Gasteiger partial charge is 0.263 e. The highest BCUT2D eigenvalue weighted by Crippen LogP contribution is 2.17. The molecule has 1 heterocycles. The average molecular weight is 267 g/mol. The van der Waals surface area contributed by atoms with E-state index in [0.717, 1.165) is 11.4 Å². The topological polar surface area (TPSA) is 22.0 Å². The molecule has 0 bridgehead atoms. The van der Waals surface area contributed by atoms with E-state index in [2.05, 4.69) is 0 Å². The predicted molar refractivity (Wildman–Crippen MR) is 78.9 cm³/mol. The van der Waals surface area contributed by atoms with Crippen molar-refractivity contribution < 1.29 is 4.39 Å². The molecule has 0 unspecified atom stereocenters. The Morgan fingerprint density at radius 2 is 1.80 bits per heavy atom. The number of fused-ring (bicyclic) bond motifs is 1. The molecule has 0 saturated heterocycles. The van der Waals surface area contributed by atoms with Crippen molar-refractivity contribution in [2.75, 3.05) is 0 Å². The van der Waals surface area contributed by atoms with Gasteiger partial charge >= 0.3 is 0 Å². The molecule has 0 aliphatic carbocycles. The van der Waals surface area contributed by atoms with E-state index in [0.29, 0.717) is 17.2 Å². The largest absolute Gasteiger partial charge is 0.281 e.